The number of benzene rings is 1. The molecule has 0 atom stereocenters. The smallest absolute Gasteiger partial charge is 0.319 e. The Morgan fingerprint density at radius 3 is 2.82 bits per heavy atom. The normalized spacial score (nSPS) is 10.0. The molecule has 1 aromatic carbocycles. The molecule has 0 saturated carbocycles. The summed E-state index contributed by atoms with van der Waals surface area (Å²) in [5.74, 6) is -1.33. The Hall–Kier alpha value is -2.02. The summed E-state index contributed by atoms with van der Waals surface area (Å²) in [6.07, 6.45) is 0. The summed E-state index contributed by atoms with van der Waals surface area (Å²) in [4.78, 5) is 20.3. The van der Waals surface area contributed by atoms with Gasteiger partial charge >= 0.3 is 11.7 Å². The predicted molar refractivity (Wildman–Crippen MR) is 56.8 cm³/mol. The minimum Gasteiger partial charge on any atom is -0.468 e. The molecule has 0 bridgehead atoms. The third-order valence-electron chi connectivity index (χ3n) is 2.03. The zero-order valence-electron chi connectivity index (χ0n) is 9.10. The second kappa shape index (κ2) is 5.90. The molecule has 0 aliphatic carbocycles. The highest BCUT2D eigenvalue weighted by molar-refractivity contribution is 5.71. The maximum atomic E-state index is 13.2. The molecule has 0 heterocycles. The van der Waals surface area contributed by atoms with E-state index in [-0.39, 0.29) is 13.1 Å². The number of halogens is 1. The second-order valence-electron chi connectivity index (χ2n) is 3.22. The third-order valence-corrected chi connectivity index (χ3v) is 2.03. The van der Waals surface area contributed by atoms with E-state index in [1.165, 1.54) is 13.2 Å². The lowest BCUT2D eigenvalue weighted by Crippen LogP contribution is -2.23. The van der Waals surface area contributed by atoms with Crippen LogP contribution in [0.4, 0.5) is 10.1 Å². The van der Waals surface area contributed by atoms with Crippen molar-refractivity contribution in [2.75, 3.05) is 13.7 Å². The first-order chi connectivity index (χ1) is 8.04. The van der Waals surface area contributed by atoms with Crippen LogP contribution in [0.15, 0.2) is 18.2 Å². The van der Waals surface area contributed by atoms with Crippen molar-refractivity contribution in [1.82, 2.24) is 5.32 Å². The van der Waals surface area contributed by atoms with Crippen molar-refractivity contribution < 1.29 is 18.8 Å². The largest absolute Gasteiger partial charge is 0.468 e. The maximum absolute atomic E-state index is 13.2. The lowest BCUT2D eigenvalue weighted by molar-refractivity contribution is -0.387. The number of nitrogens with one attached hydrogen (secondary N) is 1. The molecule has 0 saturated heterocycles. The van der Waals surface area contributed by atoms with E-state index >= 15 is 0 Å². The highest BCUT2D eigenvalue weighted by atomic mass is 19.1. The lowest BCUT2D eigenvalue weighted by Gasteiger charge is -2.03. The average molecular weight is 242 g/mol. The molecular formula is C10H11FN2O4. The molecule has 0 fully saturated rings. The van der Waals surface area contributed by atoms with Crippen molar-refractivity contribution in [3.63, 3.8) is 0 Å². The van der Waals surface area contributed by atoms with Crippen molar-refractivity contribution in [3.05, 3.63) is 39.7 Å². The molecule has 17 heavy (non-hydrogen) atoms. The van der Waals surface area contributed by atoms with Gasteiger partial charge in [0.05, 0.1) is 18.6 Å². The first kappa shape index (κ1) is 13.0. The zero-order chi connectivity index (χ0) is 12.8. The van der Waals surface area contributed by atoms with E-state index in [1.54, 1.807) is 0 Å². The first-order valence-corrected chi connectivity index (χ1v) is 4.75. The van der Waals surface area contributed by atoms with Gasteiger partial charge in [-0.15, -0.1) is 0 Å². The summed E-state index contributed by atoms with van der Waals surface area (Å²) >= 11 is 0. The Morgan fingerprint density at radius 1 is 1.59 bits per heavy atom. The number of carbonyl (C=O) groups is 1. The van der Waals surface area contributed by atoms with Gasteiger partial charge in [-0.1, -0.05) is 6.07 Å². The van der Waals surface area contributed by atoms with E-state index in [0.29, 0.717) is 5.56 Å². The lowest BCUT2D eigenvalue weighted by atomic mass is 10.2. The predicted octanol–water partition coefficient (Wildman–Crippen LogP) is 0.996. The molecule has 0 aromatic heterocycles. The molecule has 92 valence electrons. The number of nitro groups is 1. The van der Waals surface area contributed by atoms with Gasteiger partial charge in [-0.2, -0.15) is 4.39 Å². The fourth-order valence-electron chi connectivity index (χ4n) is 1.19. The molecule has 0 aliphatic heterocycles. The summed E-state index contributed by atoms with van der Waals surface area (Å²) < 4.78 is 17.6. The molecule has 0 radical (unpaired) electrons. The summed E-state index contributed by atoms with van der Waals surface area (Å²) in [7, 11) is 1.26. The molecule has 0 spiro atoms. The highest BCUT2D eigenvalue weighted by Crippen LogP contribution is 2.17. The molecule has 1 N–H and O–H groups in total. The topological polar surface area (TPSA) is 81.5 Å². The number of carbonyl (C=O) groups excluding carboxylic acids is 1. The fraction of sp³-hybridized carbons (Fsp3) is 0.300. The number of methoxy groups -OCH3 is 1. The molecular weight excluding hydrogens is 231 g/mol. The number of ether oxygens (including phenoxy) is 1. The van der Waals surface area contributed by atoms with Crippen LogP contribution in [0.3, 0.4) is 0 Å². The number of nitrogens with zero attached hydrogens (tertiary/aromatic N) is 1. The number of rotatable bonds is 5. The molecule has 0 aliphatic rings. The quantitative estimate of drug-likeness (QED) is 0.473. The van der Waals surface area contributed by atoms with Gasteiger partial charge in [0.2, 0.25) is 5.82 Å². The van der Waals surface area contributed by atoms with Gasteiger partial charge in [0.15, 0.2) is 0 Å². The summed E-state index contributed by atoms with van der Waals surface area (Å²) in [6.45, 7) is 0.221. The number of hydrogen-bond acceptors (Lipinski definition) is 5. The molecule has 1 aromatic rings. The summed E-state index contributed by atoms with van der Waals surface area (Å²) in [5.41, 5.74) is -0.0567. The SMILES string of the molecule is COC(=O)CNCc1ccc([N+](=O)[O-])c(F)c1. The Labute approximate surface area is 96.5 Å². The summed E-state index contributed by atoms with van der Waals surface area (Å²) in [5, 5.41) is 13.1. The second-order valence-corrected chi connectivity index (χ2v) is 3.22. The first-order valence-electron chi connectivity index (χ1n) is 4.75. The number of hydrogen-bond donors (Lipinski definition) is 1. The summed E-state index contributed by atoms with van der Waals surface area (Å²) in [6, 6.07) is 3.57. The highest BCUT2D eigenvalue weighted by Gasteiger charge is 2.13. The van der Waals surface area contributed by atoms with Crippen LogP contribution in [0.5, 0.6) is 0 Å². The van der Waals surface area contributed by atoms with Crippen LogP contribution >= 0.6 is 0 Å². The Morgan fingerprint density at radius 2 is 2.29 bits per heavy atom. The monoisotopic (exact) mass is 242 g/mol. The van der Waals surface area contributed by atoms with E-state index in [0.717, 1.165) is 12.1 Å². The fourth-order valence-corrected chi connectivity index (χ4v) is 1.19. The molecule has 7 heteroatoms. The standard InChI is InChI=1S/C10H11FN2O4/c1-17-10(14)6-12-5-7-2-3-9(13(15)16)8(11)4-7/h2-4,12H,5-6H2,1H3. The molecule has 1 rings (SSSR count). The van der Waals surface area contributed by atoms with E-state index in [9.17, 15) is 19.3 Å². The van der Waals surface area contributed by atoms with Crippen molar-refractivity contribution in [2.24, 2.45) is 0 Å². The van der Waals surface area contributed by atoms with Crippen LogP contribution < -0.4 is 5.32 Å². The molecule has 6 nitrogen and oxygen atoms in total. The minimum absolute atomic E-state index is 0.00485. The van der Waals surface area contributed by atoms with Gasteiger partial charge in [0.1, 0.15) is 0 Å². The van der Waals surface area contributed by atoms with Gasteiger partial charge in [0.25, 0.3) is 0 Å². The van der Waals surface area contributed by atoms with Crippen molar-refractivity contribution >= 4 is 11.7 Å². The van der Waals surface area contributed by atoms with Gasteiger partial charge < -0.3 is 10.1 Å². The number of esters is 1. The zero-order valence-corrected chi connectivity index (χ0v) is 9.10. The van der Waals surface area contributed by atoms with Crippen molar-refractivity contribution in [2.45, 2.75) is 6.54 Å². The van der Waals surface area contributed by atoms with Gasteiger partial charge in [-0.05, 0) is 11.6 Å². The Kier molecular flexibility index (Phi) is 4.53. The van der Waals surface area contributed by atoms with E-state index in [2.05, 4.69) is 10.1 Å². The van der Waals surface area contributed by atoms with E-state index in [4.69, 9.17) is 0 Å². The van der Waals surface area contributed by atoms with Gasteiger partial charge in [-0.3, -0.25) is 14.9 Å². The van der Waals surface area contributed by atoms with Gasteiger partial charge in [0, 0.05) is 12.6 Å². The van der Waals surface area contributed by atoms with Crippen LogP contribution in [-0.2, 0) is 16.1 Å². The van der Waals surface area contributed by atoms with Crippen LogP contribution in [0.1, 0.15) is 5.56 Å². The van der Waals surface area contributed by atoms with Crippen LogP contribution in [0.25, 0.3) is 0 Å². The van der Waals surface area contributed by atoms with Crippen LogP contribution in [0.2, 0.25) is 0 Å². The van der Waals surface area contributed by atoms with Gasteiger partial charge in [-0.25, -0.2) is 0 Å². The van der Waals surface area contributed by atoms with E-state index < -0.39 is 22.4 Å². The maximum Gasteiger partial charge on any atom is 0.319 e. The molecule has 0 amide bonds. The van der Waals surface area contributed by atoms with Crippen molar-refractivity contribution in [1.29, 1.82) is 0 Å². The average Bonchev–Trinajstić information content (AvgIpc) is 2.28. The number of nitro benzene ring substituents is 1. The van der Waals surface area contributed by atoms with E-state index in [1.807, 2.05) is 0 Å². The van der Waals surface area contributed by atoms with Crippen molar-refractivity contribution in [3.8, 4) is 0 Å². The Bertz CT molecular complexity index is 436. The van der Waals surface area contributed by atoms with Crippen LogP contribution in [0, 0.1) is 15.9 Å². The Balaban J connectivity index is 2.59. The third kappa shape index (κ3) is 3.80. The molecule has 0 unspecified atom stereocenters. The minimum atomic E-state index is -0.896. The van der Waals surface area contributed by atoms with Crippen LogP contribution in [-0.4, -0.2) is 24.5 Å².